The normalized spacial score (nSPS) is 21.3. The fraction of sp³-hybridized carbons (Fsp3) is 0.458. The van der Waals surface area contributed by atoms with E-state index in [1.807, 2.05) is 17.0 Å². The zero-order valence-electron chi connectivity index (χ0n) is 17.3. The smallest absolute Gasteiger partial charge is 0.248 e. The minimum atomic E-state index is -0.368. The second-order valence-corrected chi connectivity index (χ2v) is 8.96. The van der Waals surface area contributed by atoms with E-state index in [2.05, 4.69) is 29.2 Å². The average molecular weight is 431 g/mol. The highest BCUT2D eigenvalue weighted by molar-refractivity contribution is 6.30. The Balaban J connectivity index is 1.53. The minimum Gasteiger partial charge on any atom is -0.375 e. The maximum atomic E-state index is 13.9. The summed E-state index contributed by atoms with van der Waals surface area (Å²) in [5, 5.41) is 0.159. The molecule has 2 saturated heterocycles. The first-order chi connectivity index (χ1) is 14.5. The summed E-state index contributed by atoms with van der Waals surface area (Å²) in [7, 11) is 1.56. The van der Waals surface area contributed by atoms with Crippen molar-refractivity contribution >= 4 is 17.5 Å². The molecule has 30 heavy (non-hydrogen) atoms. The lowest BCUT2D eigenvalue weighted by Gasteiger charge is -2.43. The average Bonchev–Trinajstić information content (AvgIpc) is 3.09. The molecule has 160 valence electrons. The molecule has 6 heteroatoms. The highest BCUT2D eigenvalue weighted by atomic mass is 35.5. The van der Waals surface area contributed by atoms with Crippen molar-refractivity contribution in [3.63, 3.8) is 0 Å². The standard InChI is InChI=1S/C24H28ClFN2O2/c1-30-16-23(29)28-11-9-24(10-12-28)17-27(14-18-7-8-21(25)22(26)13-18)15-20(24)19-5-3-2-4-6-19/h2-8,13,20H,9-12,14-17H2,1H3/t20-/m1/s1. The van der Waals surface area contributed by atoms with E-state index in [0.717, 1.165) is 44.6 Å². The molecule has 2 fully saturated rings. The fourth-order valence-corrected chi connectivity index (χ4v) is 5.27. The maximum absolute atomic E-state index is 13.9. The van der Waals surface area contributed by atoms with Crippen molar-refractivity contribution in [1.29, 1.82) is 0 Å². The molecule has 4 nitrogen and oxygen atoms in total. The monoisotopic (exact) mass is 430 g/mol. The Hall–Kier alpha value is -1.95. The van der Waals surface area contributed by atoms with Gasteiger partial charge in [-0.25, -0.2) is 4.39 Å². The number of benzene rings is 2. The van der Waals surface area contributed by atoms with E-state index in [1.54, 1.807) is 13.2 Å². The lowest BCUT2D eigenvalue weighted by atomic mass is 9.68. The zero-order valence-corrected chi connectivity index (χ0v) is 18.1. The molecule has 4 rings (SSSR count). The molecule has 0 N–H and O–H groups in total. The second kappa shape index (κ2) is 9.04. The van der Waals surface area contributed by atoms with Crippen LogP contribution in [-0.2, 0) is 16.1 Å². The first-order valence-corrected chi connectivity index (χ1v) is 10.9. The SMILES string of the molecule is COCC(=O)N1CCC2(CC1)CN(Cc1ccc(Cl)c(F)c1)C[C@@H]2c1ccccc1. The Labute approximate surface area is 182 Å². The number of amides is 1. The topological polar surface area (TPSA) is 32.8 Å². The van der Waals surface area contributed by atoms with Crippen LogP contribution in [0.5, 0.6) is 0 Å². The van der Waals surface area contributed by atoms with E-state index >= 15 is 0 Å². The van der Waals surface area contributed by atoms with Gasteiger partial charge in [-0.2, -0.15) is 0 Å². The van der Waals surface area contributed by atoms with Gasteiger partial charge in [-0.15, -0.1) is 0 Å². The number of halogens is 2. The van der Waals surface area contributed by atoms with Gasteiger partial charge in [0.2, 0.25) is 5.91 Å². The van der Waals surface area contributed by atoms with Crippen molar-refractivity contribution in [3.05, 3.63) is 70.5 Å². The van der Waals surface area contributed by atoms with Crippen LogP contribution in [0.25, 0.3) is 0 Å². The first-order valence-electron chi connectivity index (χ1n) is 10.5. The van der Waals surface area contributed by atoms with Crippen molar-refractivity contribution in [2.24, 2.45) is 5.41 Å². The predicted octanol–water partition coefficient (Wildman–Crippen LogP) is 4.33. The molecule has 2 heterocycles. The molecular formula is C24H28ClFN2O2. The third-order valence-electron chi connectivity index (χ3n) is 6.69. The number of rotatable bonds is 5. The van der Waals surface area contributed by atoms with Crippen molar-refractivity contribution in [2.45, 2.75) is 25.3 Å². The van der Waals surface area contributed by atoms with Crippen LogP contribution in [0, 0.1) is 11.2 Å². The van der Waals surface area contributed by atoms with Crippen LogP contribution in [0.4, 0.5) is 4.39 Å². The van der Waals surface area contributed by atoms with E-state index < -0.39 is 0 Å². The van der Waals surface area contributed by atoms with E-state index in [0.29, 0.717) is 12.5 Å². The van der Waals surface area contributed by atoms with E-state index in [1.165, 1.54) is 11.6 Å². The number of nitrogens with zero attached hydrogens (tertiary/aromatic N) is 2. The van der Waals surface area contributed by atoms with Crippen LogP contribution >= 0.6 is 11.6 Å². The molecular weight excluding hydrogens is 403 g/mol. The summed E-state index contributed by atoms with van der Waals surface area (Å²) in [5.41, 5.74) is 2.41. The van der Waals surface area contributed by atoms with Gasteiger partial charge in [-0.1, -0.05) is 48.0 Å². The number of likely N-dealkylation sites (tertiary alicyclic amines) is 2. The molecule has 0 radical (unpaired) electrons. The van der Waals surface area contributed by atoms with Gasteiger partial charge in [-0.05, 0) is 41.5 Å². The number of ether oxygens (including phenoxy) is 1. The summed E-state index contributed by atoms with van der Waals surface area (Å²) in [6.07, 6.45) is 1.93. The molecule has 2 aliphatic rings. The Bertz CT molecular complexity index is 884. The third-order valence-corrected chi connectivity index (χ3v) is 7.00. The molecule has 1 amide bonds. The number of methoxy groups -OCH3 is 1. The number of hydrogen-bond donors (Lipinski definition) is 0. The highest BCUT2D eigenvalue weighted by Gasteiger charge is 2.48. The predicted molar refractivity (Wildman–Crippen MR) is 116 cm³/mol. The molecule has 2 aliphatic heterocycles. The van der Waals surface area contributed by atoms with E-state index in [9.17, 15) is 9.18 Å². The van der Waals surface area contributed by atoms with Crippen LogP contribution in [-0.4, -0.2) is 55.6 Å². The van der Waals surface area contributed by atoms with Gasteiger partial charge < -0.3 is 9.64 Å². The van der Waals surface area contributed by atoms with Crippen LogP contribution in [0.2, 0.25) is 5.02 Å². The quantitative estimate of drug-likeness (QED) is 0.707. The third kappa shape index (κ3) is 4.39. The fourth-order valence-electron chi connectivity index (χ4n) is 5.16. The van der Waals surface area contributed by atoms with Crippen LogP contribution in [0.1, 0.15) is 29.9 Å². The van der Waals surface area contributed by atoms with Gasteiger partial charge in [0.05, 0.1) is 5.02 Å². The summed E-state index contributed by atoms with van der Waals surface area (Å²) in [6.45, 7) is 4.24. The Morgan fingerprint density at radius 1 is 1.20 bits per heavy atom. The minimum absolute atomic E-state index is 0.0649. The van der Waals surface area contributed by atoms with Gasteiger partial charge in [0.25, 0.3) is 0 Å². The zero-order chi connectivity index (χ0) is 21.1. The Morgan fingerprint density at radius 3 is 2.60 bits per heavy atom. The highest BCUT2D eigenvalue weighted by Crippen LogP contribution is 2.50. The molecule has 1 atom stereocenters. The van der Waals surface area contributed by atoms with Crippen molar-refractivity contribution in [1.82, 2.24) is 9.80 Å². The number of carbonyl (C=O) groups is 1. The van der Waals surface area contributed by atoms with Gasteiger partial charge in [0.15, 0.2) is 0 Å². The number of hydrogen-bond acceptors (Lipinski definition) is 3. The number of piperidine rings is 1. The van der Waals surface area contributed by atoms with Crippen molar-refractivity contribution in [3.8, 4) is 0 Å². The van der Waals surface area contributed by atoms with Gasteiger partial charge in [0, 0.05) is 45.8 Å². The summed E-state index contributed by atoms with van der Waals surface area (Å²) in [4.78, 5) is 16.6. The molecule has 0 aliphatic carbocycles. The first kappa shape index (κ1) is 21.3. The van der Waals surface area contributed by atoms with Crippen molar-refractivity contribution in [2.75, 3.05) is 39.9 Å². The lowest BCUT2D eigenvalue weighted by Crippen LogP contribution is -2.47. The maximum Gasteiger partial charge on any atom is 0.248 e. The molecule has 0 bridgehead atoms. The van der Waals surface area contributed by atoms with E-state index in [4.69, 9.17) is 16.3 Å². The van der Waals surface area contributed by atoms with Crippen molar-refractivity contribution < 1.29 is 13.9 Å². The largest absolute Gasteiger partial charge is 0.375 e. The number of carbonyl (C=O) groups excluding carboxylic acids is 1. The Morgan fingerprint density at radius 2 is 1.93 bits per heavy atom. The molecule has 0 unspecified atom stereocenters. The molecule has 1 spiro atoms. The van der Waals surface area contributed by atoms with Crippen LogP contribution < -0.4 is 0 Å². The second-order valence-electron chi connectivity index (χ2n) is 8.56. The summed E-state index contributed by atoms with van der Waals surface area (Å²) in [5.74, 6) is 0.0956. The summed E-state index contributed by atoms with van der Waals surface area (Å²) >= 11 is 5.85. The van der Waals surface area contributed by atoms with Gasteiger partial charge in [0.1, 0.15) is 12.4 Å². The molecule has 0 aromatic heterocycles. The van der Waals surface area contributed by atoms with Crippen LogP contribution in [0.15, 0.2) is 48.5 Å². The summed E-state index contributed by atoms with van der Waals surface area (Å²) in [6, 6.07) is 15.7. The molecule has 2 aromatic rings. The lowest BCUT2D eigenvalue weighted by molar-refractivity contribution is -0.137. The summed E-state index contributed by atoms with van der Waals surface area (Å²) < 4.78 is 19.0. The van der Waals surface area contributed by atoms with Gasteiger partial charge >= 0.3 is 0 Å². The molecule has 0 saturated carbocycles. The van der Waals surface area contributed by atoms with Gasteiger partial charge in [-0.3, -0.25) is 9.69 Å². The van der Waals surface area contributed by atoms with Crippen LogP contribution in [0.3, 0.4) is 0 Å². The van der Waals surface area contributed by atoms with E-state index in [-0.39, 0.29) is 28.8 Å². The molecule has 2 aromatic carbocycles. The Kier molecular flexibility index (Phi) is 6.42.